The summed E-state index contributed by atoms with van der Waals surface area (Å²) in [6.07, 6.45) is -13.7. The molecule has 3 aliphatic heterocycles. The van der Waals surface area contributed by atoms with Crippen LogP contribution in [-0.2, 0) is 54.0 Å². The molecule has 2 fully saturated rings. The molecule has 1 aromatic rings. The number of esters is 3. The Morgan fingerprint density at radius 1 is 0.863 bits per heavy atom. The van der Waals surface area contributed by atoms with Gasteiger partial charge in [0.1, 0.15) is 61.2 Å². The molecule has 2 saturated heterocycles. The van der Waals surface area contributed by atoms with Gasteiger partial charge in [0.15, 0.2) is 12.6 Å². The Balaban J connectivity index is 1.35. The van der Waals surface area contributed by atoms with Gasteiger partial charge in [-0.25, -0.2) is 4.79 Å². The van der Waals surface area contributed by atoms with Crippen LogP contribution in [0.2, 0.25) is 0 Å². The van der Waals surface area contributed by atoms with Crippen LogP contribution in [0, 0.1) is 5.92 Å². The molecule has 18 heteroatoms. The average molecular weight is 729 g/mol. The Kier molecular flexibility index (Phi) is 14.4. The third-order valence-electron chi connectivity index (χ3n) is 8.55. The second kappa shape index (κ2) is 18.3. The molecule has 3 heterocycles. The fourth-order valence-electron chi connectivity index (χ4n) is 5.67. The zero-order valence-corrected chi connectivity index (χ0v) is 28.0. The van der Waals surface area contributed by atoms with E-state index in [-0.39, 0.29) is 36.5 Å². The molecule has 12 unspecified atom stereocenters. The van der Waals surface area contributed by atoms with E-state index in [1.807, 2.05) is 0 Å². The summed E-state index contributed by atoms with van der Waals surface area (Å²) in [7, 11) is 1.15. The van der Waals surface area contributed by atoms with Crippen LogP contribution in [0.4, 0.5) is 0 Å². The lowest BCUT2D eigenvalue weighted by atomic mass is 9.86. The minimum atomic E-state index is -1.73. The summed E-state index contributed by atoms with van der Waals surface area (Å²) in [6, 6.07) is 6.36. The standard InChI is InChI=1S/C33H44O18/c1-4-18-19(20(30(43)44-3)13-47-31(18)51-33-29(42)26(39)24(37)21(12-34)49-33)11-23(36)48-17-7-5-16(6-8-17)9-10-45-32-28(41)27(40)25(38)22(50-32)14-46-15(2)35/h4-8,13,19,21-22,24-29,31-34,37-42H,9-12,14H2,1-3H3. The quantitative estimate of drug-likeness (QED) is 0.0640. The first-order valence-corrected chi connectivity index (χ1v) is 16.1. The van der Waals surface area contributed by atoms with Crippen molar-refractivity contribution in [3.8, 4) is 5.75 Å². The number of rotatable bonds is 13. The number of aliphatic hydroxyl groups is 7. The Labute approximate surface area is 292 Å². The van der Waals surface area contributed by atoms with E-state index in [2.05, 4.69) is 0 Å². The zero-order valence-electron chi connectivity index (χ0n) is 28.0. The Morgan fingerprint density at radius 3 is 2.10 bits per heavy atom. The number of hydrogen-bond acceptors (Lipinski definition) is 18. The number of ether oxygens (including phenoxy) is 8. The lowest BCUT2D eigenvalue weighted by Crippen LogP contribution is -2.60. The van der Waals surface area contributed by atoms with Gasteiger partial charge in [-0.15, -0.1) is 0 Å². The van der Waals surface area contributed by atoms with Crippen LogP contribution in [0.25, 0.3) is 0 Å². The van der Waals surface area contributed by atoms with Gasteiger partial charge in [-0.05, 0) is 31.0 Å². The van der Waals surface area contributed by atoms with Crippen LogP contribution >= 0.6 is 0 Å². The number of allylic oxidation sites excluding steroid dienone is 1. The molecule has 0 spiro atoms. The summed E-state index contributed by atoms with van der Waals surface area (Å²) in [5.41, 5.74) is 0.967. The molecule has 0 aliphatic carbocycles. The molecule has 3 aliphatic rings. The minimum absolute atomic E-state index is 0.0227. The first-order chi connectivity index (χ1) is 24.3. The second-order valence-electron chi connectivity index (χ2n) is 12.0. The summed E-state index contributed by atoms with van der Waals surface area (Å²) in [4.78, 5) is 36.9. The Bertz CT molecular complexity index is 1390. The lowest BCUT2D eigenvalue weighted by Gasteiger charge is -2.41. The monoisotopic (exact) mass is 728 g/mol. The maximum Gasteiger partial charge on any atom is 0.337 e. The first kappa shape index (κ1) is 40.2. The van der Waals surface area contributed by atoms with E-state index in [0.29, 0.717) is 6.42 Å². The SMILES string of the molecule is CC=C1C(OC2OC(CO)C(O)C(O)C2O)OC=C(C(=O)OC)C1CC(=O)Oc1ccc(CCOC2OC(COC(C)=O)C(O)C(O)C2O)cc1. The minimum Gasteiger partial charge on any atom is -0.468 e. The van der Waals surface area contributed by atoms with Crippen molar-refractivity contribution in [1.82, 2.24) is 0 Å². The molecule has 0 amide bonds. The summed E-state index contributed by atoms with van der Waals surface area (Å²) >= 11 is 0. The second-order valence-corrected chi connectivity index (χ2v) is 12.0. The first-order valence-electron chi connectivity index (χ1n) is 16.1. The van der Waals surface area contributed by atoms with Crippen LogP contribution in [0.3, 0.4) is 0 Å². The van der Waals surface area contributed by atoms with Crippen molar-refractivity contribution < 1.29 is 88.0 Å². The van der Waals surface area contributed by atoms with Gasteiger partial charge in [-0.2, -0.15) is 0 Å². The van der Waals surface area contributed by atoms with Gasteiger partial charge in [0.2, 0.25) is 6.29 Å². The topological polar surface area (TPSA) is 267 Å². The molecule has 0 saturated carbocycles. The van der Waals surface area contributed by atoms with E-state index in [4.69, 9.17) is 37.9 Å². The number of hydrogen-bond donors (Lipinski definition) is 7. The molecule has 1 aromatic carbocycles. The molecule has 284 valence electrons. The van der Waals surface area contributed by atoms with Crippen LogP contribution in [0.15, 0.2) is 47.7 Å². The van der Waals surface area contributed by atoms with Crippen molar-refractivity contribution in [2.45, 2.75) is 94.4 Å². The molecule has 0 aromatic heterocycles. The number of carbonyl (C=O) groups excluding carboxylic acids is 3. The van der Waals surface area contributed by atoms with Crippen LogP contribution in [0.5, 0.6) is 5.75 Å². The highest BCUT2D eigenvalue weighted by Gasteiger charge is 2.47. The molecule has 12 atom stereocenters. The maximum absolute atomic E-state index is 13.1. The fraction of sp³-hybridized carbons (Fsp3) is 0.606. The molecule has 0 radical (unpaired) electrons. The van der Waals surface area contributed by atoms with Crippen molar-refractivity contribution >= 4 is 17.9 Å². The Morgan fingerprint density at radius 2 is 1.49 bits per heavy atom. The molecule has 4 rings (SSSR count). The zero-order chi connectivity index (χ0) is 37.4. The van der Waals surface area contributed by atoms with Gasteiger partial charge >= 0.3 is 17.9 Å². The van der Waals surface area contributed by atoms with Crippen molar-refractivity contribution in [1.29, 1.82) is 0 Å². The highest BCUT2D eigenvalue weighted by Crippen LogP contribution is 2.36. The highest BCUT2D eigenvalue weighted by molar-refractivity contribution is 5.91. The molecule has 18 nitrogen and oxygen atoms in total. The van der Waals surface area contributed by atoms with E-state index in [0.717, 1.165) is 18.9 Å². The van der Waals surface area contributed by atoms with Gasteiger partial charge in [0, 0.05) is 18.4 Å². The molecule has 0 bridgehead atoms. The lowest BCUT2D eigenvalue weighted by molar-refractivity contribution is -0.327. The predicted molar refractivity (Wildman–Crippen MR) is 167 cm³/mol. The number of carbonyl (C=O) groups is 3. The smallest absolute Gasteiger partial charge is 0.337 e. The van der Waals surface area contributed by atoms with E-state index in [1.54, 1.807) is 19.1 Å². The fourth-order valence-corrected chi connectivity index (χ4v) is 5.67. The van der Waals surface area contributed by atoms with Crippen LogP contribution in [0.1, 0.15) is 25.8 Å². The molecule has 7 N–H and O–H groups in total. The third kappa shape index (κ3) is 9.87. The van der Waals surface area contributed by atoms with E-state index >= 15 is 0 Å². The maximum atomic E-state index is 13.1. The largest absolute Gasteiger partial charge is 0.468 e. The Hall–Kier alpha value is -3.53. The summed E-state index contributed by atoms with van der Waals surface area (Å²) < 4.78 is 43.0. The van der Waals surface area contributed by atoms with Crippen LogP contribution < -0.4 is 4.74 Å². The van der Waals surface area contributed by atoms with Gasteiger partial charge in [0.05, 0.1) is 38.6 Å². The molecule has 51 heavy (non-hydrogen) atoms. The summed E-state index contributed by atoms with van der Waals surface area (Å²) in [5, 5.41) is 70.7. The molecular formula is C33H44O18. The van der Waals surface area contributed by atoms with Gasteiger partial charge in [-0.3, -0.25) is 9.59 Å². The van der Waals surface area contributed by atoms with Crippen molar-refractivity contribution in [2.24, 2.45) is 5.92 Å². The van der Waals surface area contributed by atoms with Gasteiger partial charge in [-0.1, -0.05) is 18.2 Å². The number of methoxy groups -OCH3 is 1. The van der Waals surface area contributed by atoms with Crippen LogP contribution in [-0.4, -0.2) is 148 Å². The van der Waals surface area contributed by atoms with Crippen molar-refractivity contribution in [3.63, 3.8) is 0 Å². The number of aliphatic hydroxyl groups excluding tert-OH is 7. The van der Waals surface area contributed by atoms with Crippen molar-refractivity contribution in [3.05, 3.63) is 53.3 Å². The average Bonchev–Trinajstić information content (AvgIpc) is 3.11. The summed E-state index contributed by atoms with van der Waals surface area (Å²) in [6.45, 7) is 1.77. The third-order valence-corrected chi connectivity index (χ3v) is 8.55. The predicted octanol–water partition coefficient (Wildman–Crippen LogP) is -2.30. The highest BCUT2D eigenvalue weighted by atomic mass is 16.8. The van der Waals surface area contributed by atoms with E-state index < -0.39 is 98.1 Å². The van der Waals surface area contributed by atoms with Gasteiger partial charge < -0.3 is 73.6 Å². The van der Waals surface area contributed by atoms with E-state index in [1.165, 1.54) is 25.1 Å². The summed E-state index contributed by atoms with van der Waals surface area (Å²) in [5.74, 6) is -2.94. The number of benzene rings is 1. The normalized spacial score (nSPS) is 34.6. The van der Waals surface area contributed by atoms with E-state index in [9.17, 15) is 50.1 Å². The van der Waals surface area contributed by atoms with Crippen molar-refractivity contribution in [2.75, 3.05) is 26.9 Å². The van der Waals surface area contributed by atoms with Gasteiger partial charge in [0.25, 0.3) is 0 Å². The molecular weight excluding hydrogens is 684 g/mol.